The highest BCUT2D eigenvalue weighted by molar-refractivity contribution is 4.79. The molecule has 0 aromatic heterocycles. The lowest BCUT2D eigenvalue weighted by atomic mass is 10.1. The van der Waals surface area contributed by atoms with Crippen LogP contribution in [0.5, 0.6) is 0 Å². The Bertz CT molecular complexity index is 101. The molecule has 1 nitrogen and oxygen atoms in total. The minimum atomic E-state index is 0.779. The van der Waals surface area contributed by atoms with Crippen LogP contribution in [0.15, 0.2) is 0 Å². The summed E-state index contributed by atoms with van der Waals surface area (Å²) in [6.07, 6.45) is 8.37. The molecule has 0 saturated carbocycles. The van der Waals surface area contributed by atoms with Gasteiger partial charge in [0.05, 0.1) is 0 Å². The van der Waals surface area contributed by atoms with Crippen molar-refractivity contribution in [2.45, 2.75) is 64.5 Å². The van der Waals surface area contributed by atoms with Gasteiger partial charge in [0.1, 0.15) is 0 Å². The highest BCUT2D eigenvalue weighted by Crippen LogP contribution is 2.16. The third kappa shape index (κ3) is 3.24. The van der Waals surface area contributed by atoms with Gasteiger partial charge in [-0.1, -0.05) is 26.2 Å². The fraction of sp³-hybridized carbons (Fsp3) is 1.00. The lowest BCUT2D eigenvalue weighted by Crippen LogP contribution is -2.26. The Hall–Kier alpha value is -0.0400. The van der Waals surface area contributed by atoms with E-state index >= 15 is 0 Å². The van der Waals surface area contributed by atoms with Crippen molar-refractivity contribution in [3.05, 3.63) is 0 Å². The quantitative estimate of drug-likeness (QED) is 0.615. The molecule has 1 fully saturated rings. The van der Waals surface area contributed by atoms with Crippen LogP contribution >= 0.6 is 0 Å². The Morgan fingerprint density at radius 2 is 2.09 bits per heavy atom. The third-order valence-corrected chi connectivity index (χ3v) is 2.62. The van der Waals surface area contributed by atoms with E-state index in [4.69, 9.17) is 0 Å². The van der Waals surface area contributed by atoms with E-state index in [-0.39, 0.29) is 0 Å². The number of hydrogen-bond donors (Lipinski definition) is 1. The van der Waals surface area contributed by atoms with Gasteiger partial charge in [-0.3, -0.25) is 0 Å². The maximum absolute atomic E-state index is 3.61. The van der Waals surface area contributed by atoms with Gasteiger partial charge >= 0.3 is 0 Å². The van der Waals surface area contributed by atoms with Crippen molar-refractivity contribution in [2.75, 3.05) is 0 Å². The largest absolute Gasteiger partial charge is 0.312 e. The second-order valence-corrected chi connectivity index (χ2v) is 3.84. The molecule has 0 radical (unpaired) electrons. The molecule has 0 spiro atoms. The molecule has 1 heteroatoms. The van der Waals surface area contributed by atoms with Crippen molar-refractivity contribution >= 4 is 0 Å². The SMILES string of the molecule is CCCCC[C@H]1CCC(C)N1. The molecule has 1 N–H and O–H groups in total. The number of nitrogens with one attached hydrogen (secondary N) is 1. The second-order valence-electron chi connectivity index (χ2n) is 3.84. The van der Waals surface area contributed by atoms with Crippen molar-refractivity contribution in [2.24, 2.45) is 0 Å². The molecule has 0 aromatic carbocycles. The molecule has 11 heavy (non-hydrogen) atoms. The molecule has 0 aromatic rings. The van der Waals surface area contributed by atoms with E-state index in [0.717, 1.165) is 12.1 Å². The Balaban J connectivity index is 1.99. The fourth-order valence-corrected chi connectivity index (χ4v) is 1.89. The van der Waals surface area contributed by atoms with Crippen LogP contribution in [0.2, 0.25) is 0 Å². The predicted octanol–water partition coefficient (Wildman–Crippen LogP) is 2.71. The summed E-state index contributed by atoms with van der Waals surface area (Å²) < 4.78 is 0. The lowest BCUT2D eigenvalue weighted by molar-refractivity contribution is 0.498. The van der Waals surface area contributed by atoms with Crippen molar-refractivity contribution in [3.8, 4) is 0 Å². The summed E-state index contributed by atoms with van der Waals surface area (Å²) >= 11 is 0. The average Bonchev–Trinajstić information content (AvgIpc) is 2.37. The van der Waals surface area contributed by atoms with E-state index in [1.54, 1.807) is 0 Å². The van der Waals surface area contributed by atoms with Crippen LogP contribution in [0.25, 0.3) is 0 Å². The highest BCUT2D eigenvalue weighted by Gasteiger charge is 2.18. The van der Waals surface area contributed by atoms with Crippen molar-refractivity contribution < 1.29 is 0 Å². The van der Waals surface area contributed by atoms with Crippen LogP contribution in [0.4, 0.5) is 0 Å². The van der Waals surface area contributed by atoms with Gasteiger partial charge in [0.25, 0.3) is 0 Å². The highest BCUT2D eigenvalue weighted by atomic mass is 15.0. The predicted molar refractivity (Wildman–Crippen MR) is 49.8 cm³/mol. The zero-order chi connectivity index (χ0) is 8.10. The summed E-state index contributed by atoms with van der Waals surface area (Å²) in [7, 11) is 0. The molecule has 1 aliphatic rings. The molecule has 2 atom stereocenters. The van der Waals surface area contributed by atoms with Gasteiger partial charge in [0.15, 0.2) is 0 Å². The van der Waals surface area contributed by atoms with E-state index < -0.39 is 0 Å². The summed E-state index contributed by atoms with van der Waals surface area (Å²) in [4.78, 5) is 0. The Morgan fingerprint density at radius 1 is 1.27 bits per heavy atom. The fourth-order valence-electron chi connectivity index (χ4n) is 1.89. The molecule has 0 bridgehead atoms. The van der Waals surface area contributed by atoms with Crippen LogP contribution in [0.1, 0.15) is 52.4 Å². The third-order valence-electron chi connectivity index (χ3n) is 2.62. The van der Waals surface area contributed by atoms with E-state index in [9.17, 15) is 0 Å². The number of rotatable bonds is 4. The molecule has 1 aliphatic heterocycles. The van der Waals surface area contributed by atoms with E-state index in [1.807, 2.05) is 0 Å². The minimum Gasteiger partial charge on any atom is -0.312 e. The first-order valence-corrected chi connectivity index (χ1v) is 5.09. The Morgan fingerprint density at radius 3 is 2.64 bits per heavy atom. The molecule has 0 aliphatic carbocycles. The summed E-state index contributed by atoms with van der Waals surface area (Å²) in [5.41, 5.74) is 0. The maximum Gasteiger partial charge on any atom is 0.00701 e. The topological polar surface area (TPSA) is 12.0 Å². The second kappa shape index (κ2) is 4.76. The van der Waals surface area contributed by atoms with Crippen LogP contribution in [0, 0.1) is 0 Å². The first kappa shape index (κ1) is 9.05. The first-order chi connectivity index (χ1) is 5.33. The van der Waals surface area contributed by atoms with Gasteiger partial charge in [-0.15, -0.1) is 0 Å². The monoisotopic (exact) mass is 155 g/mol. The Labute approximate surface area is 70.6 Å². The van der Waals surface area contributed by atoms with E-state index in [1.165, 1.54) is 38.5 Å². The molecule has 0 amide bonds. The molecule has 1 heterocycles. The zero-order valence-electron chi connectivity index (χ0n) is 7.90. The zero-order valence-corrected chi connectivity index (χ0v) is 7.90. The average molecular weight is 155 g/mol. The maximum atomic E-state index is 3.61. The first-order valence-electron chi connectivity index (χ1n) is 5.09. The van der Waals surface area contributed by atoms with Gasteiger partial charge in [0, 0.05) is 12.1 Å². The van der Waals surface area contributed by atoms with Crippen LogP contribution in [0.3, 0.4) is 0 Å². The van der Waals surface area contributed by atoms with Gasteiger partial charge < -0.3 is 5.32 Å². The normalized spacial score (nSPS) is 31.1. The van der Waals surface area contributed by atoms with Gasteiger partial charge in [-0.25, -0.2) is 0 Å². The molecular weight excluding hydrogens is 134 g/mol. The van der Waals surface area contributed by atoms with Gasteiger partial charge in [-0.05, 0) is 26.2 Å². The van der Waals surface area contributed by atoms with Gasteiger partial charge in [0.2, 0.25) is 0 Å². The lowest BCUT2D eigenvalue weighted by Gasteiger charge is -2.10. The smallest absolute Gasteiger partial charge is 0.00701 e. The minimum absolute atomic E-state index is 0.779. The molecule has 66 valence electrons. The van der Waals surface area contributed by atoms with E-state index in [2.05, 4.69) is 19.2 Å². The van der Waals surface area contributed by atoms with E-state index in [0.29, 0.717) is 0 Å². The Kier molecular flexibility index (Phi) is 3.92. The number of hydrogen-bond acceptors (Lipinski definition) is 1. The molecular formula is C10H21N. The van der Waals surface area contributed by atoms with Crippen LogP contribution in [-0.2, 0) is 0 Å². The standard InChI is InChI=1S/C10H21N/c1-3-4-5-6-10-8-7-9(2)11-10/h9-11H,3-8H2,1-2H3/t9?,10-/m0/s1. The van der Waals surface area contributed by atoms with Crippen molar-refractivity contribution in [3.63, 3.8) is 0 Å². The molecule has 1 unspecified atom stereocenters. The summed E-state index contributed by atoms with van der Waals surface area (Å²) in [5.74, 6) is 0. The van der Waals surface area contributed by atoms with Crippen molar-refractivity contribution in [1.82, 2.24) is 5.32 Å². The van der Waals surface area contributed by atoms with Gasteiger partial charge in [-0.2, -0.15) is 0 Å². The summed E-state index contributed by atoms with van der Waals surface area (Å²) in [5, 5.41) is 3.61. The number of unbranched alkanes of at least 4 members (excludes halogenated alkanes) is 2. The summed E-state index contributed by atoms with van der Waals surface area (Å²) in [6.45, 7) is 4.56. The molecule has 1 saturated heterocycles. The summed E-state index contributed by atoms with van der Waals surface area (Å²) in [6, 6.07) is 1.62. The van der Waals surface area contributed by atoms with Crippen molar-refractivity contribution in [1.29, 1.82) is 0 Å². The van der Waals surface area contributed by atoms with Crippen LogP contribution < -0.4 is 5.32 Å². The van der Waals surface area contributed by atoms with Crippen LogP contribution in [-0.4, -0.2) is 12.1 Å². The molecule has 1 rings (SSSR count).